The summed E-state index contributed by atoms with van der Waals surface area (Å²) in [5.74, 6) is -0.152. The molecule has 1 rings (SSSR count). The van der Waals surface area contributed by atoms with Crippen molar-refractivity contribution in [1.82, 2.24) is 10.6 Å². The van der Waals surface area contributed by atoms with E-state index in [2.05, 4.69) is 10.6 Å². The minimum absolute atomic E-state index is 0.152. The summed E-state index contributed by atoms with van der Waals surface area (Å²) >= 11 is 0. The molecule has 0 aromatic heterocycles. The molecule has 0 aliphatic carbocycles. The van der Waals surface area contributed by atoms with Gasteiger partial charge in [-0.05, 0) is 30.7 Å². The normalized spacial score (nSPS) is 9.79. The van der Waals surface area contributed by atoms with Crippen LogP contribution in [0, 0.1) is 0 Å². The first-order valence-electron chi connectivity index (χ1n) is 6.03. The van der Waals surface area contributed by atoms with Gasteiger partial charge in [0.25, 0.3) is 5.91 Å². The maximum absolute atomic E-state index is 11.8. The predicted molar refractivity (Wildman–Crippen MR) is 73.7 cm³/mol. The highest BCUT2D eigenvalue weighted by atomic mass is 16.4. The number of anilines is 1. The van der Waals surface area contributed by atoms with Crippen LogP contribution in [0.3, 0.4) is 0 Å². The highest BCUT2D eigenvalue weighted by Gasteiger charge is 2.05. The molecule has 0 saturated carbocycles. The number of benzene rings is 1. The molecule has 2 amide bonds. The summed E-state index contributed by atoms with van der Waals surface area (Å²) in [7, 11) is 3.87. The van der Waals surface area contributed by atoms with Crippen LogP contribution in [0.25, 0.3) is 0 Å². The lowest BCUT2D eigenvalue weighted by Crippen LogP contribution is -2.29. The molecule has 104 valence electrons. The second kappa shape index (κ2) is 7.25. The van der Waals surface area contributed by atoms with E-state index < -0.39 is 6.09 Å². The molecule has 0 fully saturated rings. The van der Waals surface area contributed by atoms with Gasteiger partial charge < -0.3 is 20.6 Å². The number of hydrogen-bond acceptors (Lipinski definition) is 3. The average molecular weight is 265 g/mol. The Labute approximate surface area is 112 Å². The molecule has 0 bridgehead atoms. The van der Waals surface area contributed by atoms with Crippen molar-refractivity contribution in [3.05, 3.63) is 29.8 Å². The molecule has 0 saturated heterocycles. The predicted octanol–water partition coefficient (Wildman–Crippen LogP) is 1.14. The highest BCUT2D eigenvalue weighted by molar-refractivity contribution is 5.94. The van der Waals surface area contributed by atoms with Gasteiger partial charge in [-0.15, -0.1) is 0 Å². The summed E-state index contributed by atoms with van der Waals surface area (Å²) in [4.78, 5) is 23.9. The second-order valence-corrected chi connectivity index (χ2v) is 4.28. The lowest BCUT2D eigenvalue weighted by atomic mass is 10.2. The maximum Gasteiger partial charge on any atom is 0.404 e. The maximum atomic E-state index is 11.8. The third-order valence-corrected chi connectivity index (χ3v) is 2.56. The largest absolute Gasteiger partial charge is 0.465 e. The van der Waals surface area contributed by atoms with E-state index >= 15 is 0 Å². The molecular weight excluding hydrogens is 246 g/mol. The summed E-state index contributed by atoms with van der Waals surface area (Å²) in [5, 5.41) is 13.3. The van der Waals surface area contributed by atoms with Gasteiger partial charge >= 0.3 is 6.09 Å². The van der Waals surface area contributed by atoms with Crippen LogP contribution in [-0.4, -0.2) is 44.3 Å². The third kappa shape index (κ3) is 5.29. The highest BCUT2D eigenvalue weighted by Crippen LogP contribution is 2.11. The van der Waals surface area contributed by atoms with Gasteiger partial charge in [-0.2, -0.15) is 0 Å². The van der Waals surface area contributed by atoms with Crippen LogP contribution in [0.5, 0.6) is 0 Å². The van der Waals surface area contributed by atoms with Gasteiger partial charge in [0, 0.05) is 38.4 Å². The molecule has 0 spiro atoms. The van der Waals surface area contributed by atoms with Crippen LogP contribution in [0.15, 0.2) is 24.3 Å². The molecule has 0 aliphatic heterocycles. The van der Waals surface area contributed by atoms with Crippen LogP contribution in [0.4, 0.5) is 10.5 Å². The number of carbonyl (C=O) groups is 2. The van der Waals surface area contributed by atoms with Crippen molar-refractivity contribution < 1.29 is 14.7 Å². The molecule has 0 heterocycles. The molecule has 0 aliphatic rings. The first kappa shape index (κ1) is 14.8. The second-order valence-electron chi connectivity index (χ2n) is 4.28. The number of rotatable bonds is 6. The van der Waals surface area contributed by atoms with E-state index in [1.54, 1.807) is 12.1 Å². The Morgan fingerprint density at radius 3 is 2.21 bits per heavy atom. The Morgan fingerprint density at radius 1 is 1.11 bits per heavy atom. The smallest absolute Gasteiger partial charge is 0.404 e. The quantitative estimate of drug-likeness (QED) is 0.674. The number of hydrogen-bond donors (Lipinski definition) is 3. The summed E-state index contributed by atoms with van der Waals surface area (Å²) in [5.41, 5.74) is 1.62. The van der Waals surface area contributed by atoms with E-state index in [1.807, 2.05) is 31.1 Å². The van der Waals surface area contributed by atoms with E-state index in [0.717, 1.165) is 5.69 Å². The SMILES string of the molecule is CN(C)c1ccc(C(=O)NCCCNC(=O)O)cc1. The molecular formula is C13H19N3O3. The Hall–Kier alpha value is -2.24. The van der Waals surface area contributed by atoms with Crippen LogP contribution >= 0.6 is 0 Å². The number of carbonyl (C=O) groups excluding carboxylic acids is 1. The van der Waals surface area contributed by atoms with Crippen LogP contribution in [-0.2, 0) is 0 Å². The summed E-state index contributed by atoms with van der Waals surface area (Å²) in [6.45, 7) is 0.768. The molecule has 19 heavy (non-hydrogen) atoms. The molecule has 0 atom stereocenters. The topological polar surface area (TPSA) is 81.7 Å². The minimum atomic E-state index is -1.05. The molecule has 6 nitrogen and oxygen atoms in total. The molecule has 1 aromatic carbocycles. The standard InChI is InChI=1S/C13H19N3O3/c1-16(2)11-6-4-10(5-7-11)12(17)14-8-3-9-15-13(18)19/h4-7,15H,3,8-9H2,1-2H3,(H,14,17)(H,18,19). The summed E-state index contributed by atoms with van der Waals surface area (Å²) < 4.78 is 0. The zero-order valence-electron chi connectivity index (χ0n) is 11.1. The van der Waals surface area contributed by atoms with Gasteiger partial charge in [-0.1, -0.05) is 0 Å². The molecule has 0 unspecified atom stereocenters. The van der Waals surface area contributed by atoms with Gasteiger partial charge in [0.1, 0.15) is 0 Å². The Kier molecular flexibility index (Phi) is 5.66. The minimum Gasteiger partial charge on any atom is -0.465 e. The summed E-state index contributed by atoms with van der Waals surface area (Å²) in [6.07, 6.45) is -0.487. The number of nitrogens with zero attached hydrogens (tertiary/aromatic N) is 1. The fourth-order valence-corrected chi connectivity index (χ4v) is 1.50. The van der Waals surface area contributed by atoms with Crippen LogP contribution in [0.1, 0.15) is 16.8 Å². The number of nitrogens with one attached hydrogen (secondary N) is 2. The van der Waals surface area contributed by atoms with Crippen molar-refractivity contribution >= 4 is 17.7 Å². The molecule has 1 aromatic rings. The van der Waals surface area contributed by atoms with Gasteiger partial charge in [0.2, 0.25) is 0 Å². The first-order valence-corrected chi connectivity index (χ1v) is 6.03. The third-order valence-electron chi connectivity index (χ3n) is 2.56. The lowest BCUT2D eigenvalue weighted by molar-refractivity contribution is 0.0953. The van der Waals surface area contributed by atoms with E-state index in [0.29, 0.717) is 25.1 Å². The number of carboxylic acid groups (broad SMARTS) is 1. The Balaban J connectivity index is 2.35. The van der Waals surface area contributed by atoms with Crippen molar-refractivity contribution in [1.29, 1.82) is 0 Å². The van der Waals surface area contributed by atoms with Crippen molar-refractivity contribution in [2.24, 2.45) is 0 Å². The van der Waals surface area contributed by atoms with E-state index in [4.69, 9.17) is 5.11 Å². The van der Waals surface area contributed by atoms with E-state index in [1.165, 1.54) is 0 Å². The van der Waals surface area contributed by atoms with Crippen LogP contribution in [0.2, 0.25) is 0 Å². The fourth-order valence-electron chi connectivity index (χ4n) is 1.50. The van der Waals surface area contributed by atoms with E-state index in [9.17, 15) is 9.59 Å². The van der Waals surface area contributed by atoms with Gasteiger partial charge in [0.15, 0.2) is 0 Å². The van der Waals surface area contributed by atoms with Gasteiger partial charge in [-0.3, -0.25) is 4.79 Å². The van der Waals surface area contributed by atoms with Crippen molar-refractivity contribution in [2.45, 2.75) is 6.42 Å². The lowest BCUT2D eigenvalue weighted by Gasteiger charge is -2.12. The summed E-state index contributed by atoms with van der Waals surface area (Å²) in [6, 6.07) is 7.28. The zero-order chi connectivity index (χ0) is 14.3. The first-order chi connectivity index (χ1) is 9.00. The monoisotopic (exact) mass is 265 g/mol. The van der Waals surface area contributed by atoms with Crippen molar-refractivity contribution in [3.63, 3.8) is 0 Å². The van der Waals surface area contributed by atoms with Crippen LogP contribution < -0.4 is 15.5 Å². The van der Waals surface area contributed by atoms with Gasteiger partial charge in [-0.25, -0.2) is 4.79 Å². The van der Waals surface area contributed by atoms with E-state index in [-0.39, 0.29) is 5.91 Å². The number of amides is 2. The van der Waals surface area contributed by atoms with Crippen molar-refractivity contribution in [2.75, 3.05) is 32.1 Å². The van der Waals surface area contributed by atoms with Crippen molar-refractivity contribution in [3.8, 4) is 0 Å². The molecule has 3 N–H and O–H groups in total. The average Bonchev–Trinajstić information content (AvgIpc) is 2.37. The van der Waals surface area contributed by atoms with Gasteiger partial charge in [0.05, 0.1) is 0 Å². The zero-order valence-corrected chi connectivity index (χ0v) is 11.1. The molecule has 6 heteroatoms. The Bertz CT molecular complexity index is 429. The Morgan fingerprint density at radius 2 is 1.68 bits per heavy atom. The fraction of sp³-hybridized carbons (Fsp3) is 0.385. The molecule has 0 radical (unpaired) electrons.